The number of aromatic nitrogens is 2. The van der Waals surface area contributed by atoms with E-state index in [1.807, 2.05) is 6.20 Å². The summed E-state index contributed by atoms with van der Waals surface area (Å²) in [5, 5.41) is 0. The number of aromatic amines is 1. The molecule has 78 valence electrons. The Morgan fingerprint density at radius 3 is 2.93 bits per heavy atom. The van der Waals surface area contributed by atoms with Crippen molar-refractivity contribution in [3.8, 4) is 0 Å². The van der Waals surface area contributed by atoms with Crippen molar-refractivity contribution in [3.63, 3.8) is 0 Å². The molecule has 0 fully saturated rings. The second-order valence-corrected chi connectivity index (χ2v) is 3.66. The van der Waals surface area contributed by atoms with Gasteiger partial charge in [0.25, 0.3) is 0 Å². The van der Waals surface area contributed by atoms with Crippen molar-refractivity contribution in [2.45, 2.75) is 39.5 Å². The molecular formula is C12H20N2. The maximum atomic E-state index is 4.16. The van der Waals surface area contributed by atoms with E-state index in [1.165, 1.54) is 25.7 Å². The van der Waals surface area contributed by atoms with Gasteiger partial charge >= 0.3 is 0 Å². The van der Waals surface area contributed by atoms with Crippen LogP contribution in [0.25, 0.3) is 6.08 Å². The van der Waals surface area contributed by atoms with Crippen LogP contribution in [0.1, 0.15) is 45.2 Å². The number of allylic oxidation sites excluding steroid dienone is 1. The summed E-state index contributed by atoms with van der Waals surface area (Å²) in [4.78, 5) is 7.11. The van der Waals surface area contributed by atoms with E-state index >= 15 is 0 Å². The second-order valence-electron chi connectivity index (χ2n) is 3.66. The molecule has 0 aliphatic rings. The van der Waals surface area contributed by atoms with Crippen LogP contribution < -0.4 is 0 Å². The normalized spacial score (nSPS) is 13.6. The van der Waals surface area contributed by atoms with Gasteiger partial charge in [-0.2, -0.15) is 0 Å². The minimum absolute atomic E-state index is 0.714. The van der Waals surface area contributed by atoms with E-state index in [9.17, 15) is 0 Å². The van der Waals surface area contributed by atoms with Gasteiger partial charge in [-0.25, -0.2) is 4.98 Å². The summed E-state index contributed by atoms with van der Waals surface area (Å²) >= 11 is 0. The summed E-state index contributed by atoms with van der Waals surface area (Å²) in [6, 6.07) is 0. The Labute approximate surface area is 86.5 Å². The first-order chi connectivity index (χ1) is 6.86. The van der Waals surface area contributed by atoms with E-state index < -0.39 is 0 Å². The van der Waals surface area contributed by atoms with E-state index in [1.54, 1.807) is 6.33 Å². The van der Waals surface area contributed by atoms with Gasteiger partial charge in [-0.15, -0.1) is 0 Å². The molecule has 0 saturated carbocycles. The lowest BCUT2D eigenvalue weighted by Crippen LogP contribution is -1.93. The quantitative estimate of drug-likeness (QED) is 0.732. The van der Waals surface area contributed by atoms with Crippen LogP contribution in [0, 0.1) is 5.92 Å². The zero-order valence-corrected chi connectivity index (χ0v) is 9.16. The van der Waals surface area contributed by atoms with Gasteiger partial charge in [0.1, 0.15) is 0 Å². The molecule has 0 saturated heterocycles. The molecule has 1 N–H and O–H groups in total. The summed E-state index contributed by atoms with van der Waals surface area (Å²) in [6.45, 7) is 4.49. The topological polar surface area (TPSA) is 28.7 Å². The smallest absolute Gasteiger partial charge is 0.0927 e. The first-order valence-electron chi connectivity index (χ1n) is 5.53. The highest BCUT2D eigenvalue weighted by Gasteiger charge is 2.00. The lowest BCUT2D eigenvalue weighted by Gasteiger charge is -2.07. The van der Waals surface area contributed by atoms with E-state index in [-0.39, 0.29) is 0 Å². The van der Waals surface area contributed by atoms with Crippen molar-refractivity contribution in [2.24, 2.45) is 5.92 Å². The van der Waals surface area contributed by atoms with Crippen LogP contribution in [0.3, 0.4) is 0 Å². The molecule has 0 spiro atoms. The molecule has 0 aliphatic carbocycles. The molecule has 0 amide bonds. The largest absolute Gasteiger partial charge is 0.351 e. The van der Waals surface area contributed by atoms with Crippen molar-refractivity contribution in [2.75, 3.05) is 0 Å². The summed E-state index contributed by atoms with van der Waals surface area (Å²) in [6.07, 6.45) is 13.2. The van der Waals surface area contributed by atoms with Crippen LogP contribution in [0.5, 0.6) is 0 Å². The zero-order valence-electron chi connectivity index (χ0n) is 9.16. The monoisotopic (exact) mass is 192 g/mol. The summed E-state index contributed by atoms with van der Waals surface area (Å²) < 4.78 is 0. The number of rotatable bonds is 6. The molecule has 1 heterocycles. The Bertz CT molecular complexity index is 249. The van der Waals surface area contributed by atoms with Gasteiger partial charge in [0.15, 0.2) is 0 Å². The molecule has 1 unspecified atom stereocenters. The van der Waals surface area contributed by atoms with Gasteiger partial charge < -0.3 is 4.98 Å². The Morgan fingerprint density at radius 1 is 1.50 bits per heavy atom. The van der Waals surface area contributed by atoms with Crippen LogP contribution in [0.2, 0.25) is 0 Å². The highest BCUT2D eigenvalue weighted by Crippen LogP contribution is 2.15. The van der Waals surface area contributed by atoms with Crippen molar-refractivity contribution in [3.05, 3.63) is 24.3 Å². The molecule has 0 aliphatic heterocycles. The minimum Gasteiger partial charge on any atom is -0.351 e. The molecule has 0 radical (unpaired) electrons. The third-order valence-corrected chi connectivity index (χ3v) is 2.51. The summed E-state index contributed by atoms with van der Waals surface area (Å²) in [5.74, 6) is 0.714. The van der Waals surface area contributed by atoms with Gasteiger partial charge in [-0.05, 0) is 24.8 Å². The average Bonchev–Trinajstić information content (AvgIpc) is 2.71. The number of H-pyrrole nitrogens is 1. The van der Waals surface area contributed by atoms with Gasteiger partial charge in [-0.1, -0.05) is 32.8 Å². The lowest BCUT2D eigenvalue weighted by molar-refractivity contribution is 0.542. The van der Waals surface area contributed by atoms with E-state index in [0.717, 1.165) is 5.69 Å². The van der Waals surface area contributed by atoms with Crippen molar-refractivity contribution in [1.29, 1.82) is 0 Å². The van der Waals surface area contributed by atoms with Crippen LogP contribution in [-0.2, 0) is 0 Å². The molecule has 1 aromatic rings. The maximum absolute atomic E-state index is 4.16. The van der Waals surface area contributed by atoms with E-state index in [2.05, 4.69) is 36.0 Å². The number of hydrogen-bond acceptors (Lipinski definition) is 1. The minimum atomic E-state index is 0.714. The molecule has 0 bridgehead atoms. The molecule has 1 atom stereocenters. The Hall–Kier alpha value is -1.05. The third-order valence-electron chi connectivity index (χ3n) is 2.51. The Morgan fingerprint density at radius 2 is 2.36 bits per heavy atom. The third kappa shape index (κ3) is 3.77. The molecule has 0 aromatic carbocycles. The highest BCUT2D eigenvalue weighted by molar-refractivity contribution is 5.42. The highest BCUT2D eigenvalue weighted by atomic mass is 14.8. The van der Waals surface area contributed by atoms with Crippen LogP contribution in [0.15, 0.2) is 18.6 Å². The van der Waals surface area contributed by atoms with Gasteiger partial charge in [0, 0.05) is 6.20 Å². The predicted octanol–water partition coefficient (Wildman–Crippen LogP) is 3.64. The van der Waals surface area contributed by atoms with Gasteiger partial charge in [0.2, 0.25) is 0 Å². The molecule has 1 aromatic heterocycles. The molecule has 2 nitrogen and oxygen atoms in total. The molecular weight excluding hydrogens is 172 g/mol. The molecule has 14 heavy (non-hydrogen) atoms. The number of imidazole rings is 1. The number of unbranched alkanes of at least 4 members (excludes halogenated alkanes) is 1. The first-order valence-corrected chi connectivity index (χ1v) is 5.53. The lowest BCUT2D eigenvalue weighted by atomic mass is 9.99. The molecule has 1 rings (SSSR count). The fourth-order valence-electron chi connectivity index (χ4n) is 1.50. The van der Waals surface area contributed by atoms with E-state index in [0.29, 0.717) is 5.92 Å². The number of nitrogens with one attached hydrogen (secondary N) is 1. The van der Waals surface area contributed by atoms with E-state index in [4.69, 9.17) is 0 Å². The first kappa shape index (κ1) is 11.0. The van der Waals surface area contributed by atoms with Crippen molar-refractivity contribution in [1.82, 2.24) is 9.97 Å². The maximum Gasteiger partial charge on any atom is 0.0927 e. The number of nitrogens with zero attached hydrogens (tertiary/aromatic N) is 1. The van der Waals surface area contributed by atoms with Crippen LogP contribution >= 0.6 is 0 Å². The standard InChI is InChI=1S/C12H20N2/c1-3-5-6-11(4-2)7-8-12-9-13-10-14-12/h7-11H,3-6H2,1-2H3,(H,13,14)/b8-7+. The predicted molar refractivity (Wildman–Crippen MR) is 60.9 cm³/mol. The fourth-order valence-corrected chi connectivity index (χ4v) is 1.50. The van der Waals surface area contributed by atoms with Crippen LogP contribution in [0.4, 0.5) is 0 Å². The summed E-state index contributed by atoms with van der Waals surface area (Å²) in [5.41, 5.74) is 1.03. The van der Waals surface area contributed by atoms with Crippen molar-refractivity contribution < 1.29 is 0 Å². The van der Waals surface area contributed by atoms with Crippen LogP contribution in [-0.4, -0.2) is 9.97 Å². The Kier molecular flexibility index (Phi) is 5.05. The fraction of sp³-hybridized carbons (Fsp3) is 0.583. The SMILES string of the molecule is CCCCC(/C=C/c1c[nH]cn1)CC. The number of hydrogen-bond donors (Lipinski definition) is 1. The Balaban J connectivity index is 2.39. The molecule has 2 heteroatoms. The summed E-state index contributed by atoms with van der Waals surface area (Å²) in [7, 11) is 0. The van der Waals surface area contributed by atoms with Gasteiger partial charge in [-0.3, -0.25) is 0 Å². The average molecular weight is 192 g/mol. The second kappa shape index (κ2) is 6.41. The van der Waals surface area contributed by atoms with Crippen molar-refractivity contribution >= 4 is 6.08 Å². The van der Waals surface area contributed by atoms with Gasteiger partial charge in [0.05, 0.1) is 12.0 Å². The zero-order chi connectivity index (χ0) is 10.2.